The lowest BCUT2D eigenvalue weighted by atomic mass is 9.98. The molecule has 2 rings (SSSR count). The first-order chi connectivity index (χ1) is 8.65. The van der Waals surface area contributed by atoms with Crippen LogP contribution in [0.3, 0.4) is 0 Å². The maximum absolute atomic E-state index is 10.6. The summed E-state index contributed by atoms with van der Waals surface area (Å²) in [5.74, 6) is 0.658. The molecule has 1 heterocycles. The molecule has 0 saturated heterocycles. The monoisotopic (exact) mass is 250 g/mol. The molecule has 0 amide bonds. The zero-order valence-corrected chi connectivity index (χ0v) is 11.4. The summed E-state index contributed by atoms with van der Waals surface area (Å²) in [6, 6.07) is 0. The minimum atomic E-state index is -0.577. The van der Waals surface area contributed by atoms with Gasteiger partial charge in [0.1, 0.15) is 6.10 Å². The molecule has 0 fully saturated rings. The Labute approximate surface area is 108 Å². The Kier molecular flexibility index (Phi) is 4.07. The van der Waals surface area contributed by atoms with Gasteiger partial charge in [-0.2, -0.15) is 5.10 Å². The van der Waals surface area contributed by atoms with E-state index in [-0.39, 0.29) is 0 Å². The van der Waals surface area contributed by atoms with Gasteiger partial charge in [0.25, 0.3) is 0 Å². The summed E-state index contributed by atoms with van der Waals surface area (Å²) in [4.78, 5) is 0. The summed E-state index contributed by atoms with van der Waals surface area (Å²) in [6.07, 6.45) is 7.27. The Bertz CT molecular complexity index is 449. The van der Waals surface area contributed by atoms with Crippen molar-refractivity contribution in [1.29, 1.82) is 0 Å². The van der Waals surface area contributed by atoms with E-state index in [1.165, 1.54) is 12.8 Å². The second-order valence-corrected chi connectivity index (χ2v) is 4.91. The lowest BCUT2D eigenvalue weighted by Crippen LogP contribution is -2.05. The molecule has 1 unspecified atom stereocenters. The van der Waals surface area contributed by atoms with Crippen molar-refractivity contribution in [2.75, 3.05) is 7.11 Å². The highest BCUT2D eigenvalue weighted by Gasteiger charge is 2.24. The van der Waals surface area contributed by atoms with Crippen LogP contribution >= 0.6 is 0 Å². The highest BCUT2D eigenvalue weighted by atomic mass is 16.5. The van der Waals surface area contributed by atoms with Crippen molar-refractivity contribution in [2.45, 2.75) is 45.1 Å². The number of aromatic nitrogens is 2. The van der Waals surface area contributed by atoms with Crippen molar-refractivity contribution in [3.05, 3.63) is 22.9 Å². The van der Waals surface area contributed by atoms with Gasteiger partial charge in [-0.1, -0.05) is 12.5 Å². The van der Waals surface area contributed by atoms with Gasteiger partial charge < -0.3 is 9.84 Å². The number of nitrogens with zero attached hydrogens (tertiary/aromatic N) is 2. The van der Waals surface area contributed by atoms with E-state index in [1.807, 2.05) is 14.0 Å². The van der Waals surface area contributed by atoms with Crippen molar-refractivity contribution in [3.63, 3.8) is 0 Å². The minimum Gasteiger partial charge on any atom is -0.481 e. The normalized spacial score (nSPS) is 18.1. The molecule has 4 nitrogen and oxygen atoms in total. The Balaban J connectivity index is 2.32. The Morgan fingerprint density at radius 2 is 2.17 bits per heavy atom. The predicted molar refractivity (Wildman–Crippen MR) is 70.6 cm³/mol. The molecule has 4 heteroatoms. The fourth-order valence-electron chi connectivity index (χ4n) is 2.68. The van der Waals surface area contributed by atoms with Crippen LogP contribution in [0.15, 0.2) is 11.6 Å². The molecule has 0 aliphatic heterocycles. The van der Waals surface area contributed by atoms with Crippen molar-refractivity contribution in [2.24, 2.45) is 7.05 Å². The highest BCUT2D eigenvalue weighted by molar-refractivity contribution is 5.38. The quantitative estimate of drug-likeness (QED) is 0.839. The van der Waals surface area contributed by atoms with E-state index in [1.54, 1.807) is 11.8 Å². The summed E-state index contributed by atoms with van der Waals surface area (Å²) < 4.78 is 7.04. The number of allylic oxidation sites excluding steroid dienone is 1. The van der Waals surface area contributed by atoms with Gasteiger partial charge in [-0.3, -0.25) is 0 Å². The average molecular weight is 250 g/mol. The molecule has 18 heavy (non-hydrogen) atoms. The molecular weight excluding hydrogens is 228 g/mol. The molecule has 0 radical (unpaired) electrons. The van der Waals surface area contributed by atoms with E-state index >= 15 is 0 Å². The second kappa shape index (κ2) is 5.57. The van der Waals surface area contributed by atoms with E-state index in [0.717, 1.165) is 36.1 Å². The van der Waals surface area contributed by atoms with Crippen molar-refractivity contribution >= 4 is 0 Å². The van der Waals surface area contributed by atoms with Gasteiger partial charge in [-0.15, -0.1) is 0 Å². The highest BCUT2D eigenvalue weighted by Crippen LogP contribution is 2.35. The average Bonchev–Trinajstić information content (AvgIpc) is 2.57. The number of hydrogen-bond acceptors (Lipinski definition) is 3. The van der Waals surface area contributed by atoms with Gasteiger partial charge in [-0.05, 0) is 38.2 Å². The molecule has 100 valence electrons. The van der Waals surface area contributed by atoms with Gasteiger partial charge in [-0.25, -0.2) is 4.68 Å². The molecule has 1 N–H and O–H groups in total. The largest absolute Gasteiger partial charge is 0.481 e. The Morgan fingerprint density at radius 3 is 2.89 bits per heavy atom. The molecule has 0 bridgehead atoms. The van der Waals surface area contributed by atoms with Crippen LogP contribution in [-0.2, 0) is 7.05 Å². The third-order valence-electron chi connectivity index (χ3n) is 3.61. The van der Waals surface area contributed by atoms with E-state index in [2.05, 4.69) is 11.2 Å². The third-order valence-corrected chi connectivity index (χ3v) is 3.61. The molecular formula is C14H22N2O2. The molecule has 1 aromatic heterocycles. The van der Waals surface area contributed by atoms with Crippen LogP contribution < -0.4 is 4.74 Å². The maximum atomic E-state index is 10.6. The van der Waals surface area contributed by atoms with Crippen molar-refractivity contribution in [3.8, 4) is 5.88 Å². The Morgan fingerprint density at radius 1 is 1.39 bits per heavy atom. The molecule has 1 aliphatic carbocycles. The van der Waals surface area contributed by atoms with E-state index in [0.29, 0.717) is 5.88 Å². The van der Waals surface area contributed by atoms with Crippen LogP contribution in [0.25, 0.3) is 0 Å². The summed E-state index contributed by atoms with van der Waals surface area (Å²) in [5, 5.41) is 14.9. The molecule has 1 aromatic rings. The van der Waals surface area contributed by atoms with Crippen molar-refractivity contribution in [1.82, 2.24) is 9.78 Å². The number of rotatable bonds is 3. The zero-order valence-electron chi connectivity index (χ0n) is 11.4. The van der Waals surface area contributed by atoms with Crippen LogP contribution in [-0.4, -0.2) is 22.0 Å². The van der Waals surface area contributed by atoms with E-state index < -0.39 is 6.10 Å². The van der Waals surface area contributed by atoms with Crippen LogP contribution in [0.5, 0.6) is 5.88 Å². The van der Waals surface area contributed by atoms with E-state index in [9.17, 15) is 5.11 Å². The van der Waals surface area contributed by atoms with Crippen LogP contribution in [0.1, 0.15) is 49.5 Å². The van der Waals surface area contributed by atoms with Gasteiger partial charge in [0.05, 0.1) is 18.4 Å². The predicted octanol–water partition coefficient (Wildman–Crippen LogP) is 2.66. The van der Waals surface area contributed by atoms with Gasteiger partial charge in [0.2, 0.25) is 5.88 Å². The molecule has 0 spiro atoms. The number of aliphatic hydroxyl groups excluding tert-OH is 1. The zero-order chi connectivity index (χ0) is 13.1. The lowest BCUT2D eigenvalue weighted by molar-refractivity contribution is 0.203. The molecule has 0 saturated carbocycles. The second-order valence-electron chi connectivity index (χ2n) is 4.91. The Hall–Kier alpha value is -1.29. The summed E-state index contributed by atoms with van der Waals surface area (Å²) in [5.41, 5.74) is 2.77. The number of methoxy groups -OCH3 is 1. The van der Waals surface area contributed by atoms with Gasteiger partial charge in [0.15, 0.2) is 0 Å². The first-order valence-electron chi connectivity index (χ1n) is 6.59. The van der Waals surface area contributed by atoms with Crippen LogP contribution in [0.2, 0.25) is 0 Å². The number of ether oxygens (including phenoxy) is 1. The molecule has 1 aliphatic rings. The smallest absolute Gasteiger partial charge is 0.217 e. The van der Waals surface area contributed by atoms with Crippen LogP contribution in [0, 0.1) is 6.92 Å². The maximum Gasteiger partial charge on any atom is 0.217 e. The third kappa shape index (κ3) is 2.43. The number of aryl methyl sites for hydroxylation is 2. The van der Waals surface area contributed by atoms with Gasteiger partial charge >= 0.3 is 0 Å². The fraction of sp³-hybridized carbons (Fsp3) is 0.643. The summed E-state index contributed by atoms with van der Waals surface area (Å²) in [7, 11) is 3.46. The first-order valence-corrected chi connectivity index (χ1v) is 6.59. The summed E-state index contributed by atoms with van der Waals surface area (Å²) in [6.45, 7) is 1.92. The summed E-state index contributed by atoms with van der Waals surface area (Å²) >= 11 is 0. The standard InChI is InChI=1S/C14H22N2O2/c1-10-12(14(18-3)16(2)15-10)13(17)11-8-6-4-5-7-9-11/h8,13,17H,4-7,9H2,1-3H3. The fourth-order valence-corrected chi connectivity index (χ4v) is 2.68. The van der Waals surface area contributed by atoms with Gasteiger partial charge in [0, 0.05) is 7.05 Å². The SMILES string of the molecule is COc1c(C(O)C2=CCCCCC2)c(C)nn1C. The molecule has 0 aromatic carbocycles. The number of aliphatic hydroxyl groups is 1. The number of hydrogen-bond donors (Lipinski definition) is 1. The first kappa shape index (κ1) is 13.1. The van der Waals surface area contributed by atoms with Crippen LogP contribution in [0.4, 0.5) is 0 Å². The topological polar surface area (TPSA) is 47.3 Å². The minimum absolute atomic E-state index is 0.577. The van der Waals surface area contributed by atoms with Crippen molar-refractivity contribution < 1.29 is 9.84 Å². The van der Waals surface area contributed by atoms with E-state index in [4.69, 9.17) is 4.74 Å². The molecule has 1 atom stereocenters. The lowest BCUT2D eigenvalue weighted by Gasteiger charge is -2.15.